The van der Waals surface area contributed by atoms with Crippen molar-refractivity contribution in [1.29, 1.82) is 0 Å². The van der Waals surface area contributed by atoms with Gasteiger partial charge in [-0.3, -0.25) is 9.10 Å². The van der Waals surface area contributed by atoms with Crippen LogP contribution in [0.3, 0.4) is 0 Å². The third-order valence-electron chi connectivity index (χ3n) is 5.28. The van der Waals surface area contributed by atoms with E-state index in [-0.39, 0.29) is 17.1 Å². The smallest absolute Gasteiger partial charge is 0.338 e. The Hall–Kier alpha value is -3.85. The van der Waals surface area contributed by atoms with Gasteiger partial charge in [0.1, 0.15) is 12.3 Å². The van der Waals surface area contributed by atoms with E-state index < -0.39 is 28.4 Å². The van der Waals surface area contributed by atoms with E-state index in [0.717, 1.165) is 9.87 Å². The summed E-state index contributed by atoms with van der Waals surface area (Å²) < 4.78 is 38.3. The van der Waals surface area contributed by atoms with Gasteiger partial charge in [-0.1, -0.05) is 23.8 Å². The van der Waals surface area contributed by atoms with E-state index in [1.165, 1.54) is 25.3 Å². The number of nitrogens with one attached hydrogen (secondary N) is 1. The maximum atomic E-state index is 13.5. The normalized spacial score (nSPS) is 11.0. The minimum absolute atomic E-state index is 0.0622. The molecule has 0 aliphatic carbocycles. The Morgan fingerprint density at radius 3 is 2.20 bits per heavy atom. The molecule has 1 amide bonds. The summed E-state index contributed by atoms with van der Waals surface area (Å²) in [4.78, 5) is 25.2. The van der Waals surface area contributed by atoms with Crippen LogP contribution in [0.25, 0.3) is 0 Å². The Morgan fingerprint density at radius 1 is 0.943 bits per heavy atom. The third-order valence-corrected chi connectivity index (χ3v) is 7.07. The molecule has 3 aromatic rings. The third kappa shape index (κ3) is 6.19. The fourth-order valence-electron chi connectivity index (χ4n) is 3.32. The number of carbonyl (C=O) groups excluding carboxylic acids is 2. The van der Waals surface area contributed by atoms with Crippen molar-refractivity contribution in [3.05, 3.63) is 83.4 Å². The highest BCUT2D eigenvalue weighted by Crippen LogP contribution is 2.26. The first-order chi connectivity index (χ1) is 16.6. The van der Waals surface area contributed by atoms with Crippen molar-refractivity contribution in [3.63, 3.8) is 0 Å². The highest BCUT2D eigenvalue weighted by atomic mass is 32.2. The second kappa shape index (κ2) is 11.1. The predicted octanol–water partition coefficient (Wildman–Crippen LogP) is 4.32. The van der Waals surface area contributed by atoms with Crippen LogP contribution in [-0.2, 0) is 19.6 Å². The van der Waals surface area contributed by atoms with Crippen LogP contribution in [0.2, 0.25) is 0 Å². The van der Waals surface area contributed by atoms with E-state index in [9.17, 15) is 18.0 Å². The first-order valence-corrected chi connectivity index (χ1v) is 12.4. The van der Waals surface area contributed by atoms with Crippen LogP contribution in [0, 0.1) is 13.8 Å². The van der Waals surface area contributed by atoms with Crippen LogP contribution in [0.4, 0.5) is 11.4 Å². The zero-order valence-corrected chi connectivity index (χ0v) is 20.9. The van der Waals surface area contributed by atoms with Gasteiger partial charge in [0.25, 0.3) is 10.0 Å². The van der Waals surface area contributed by atoms with E-state index in [4.69, 9.17) is 9.47 Å². The van der Waals surface area contributed by atoms with Gasteiger partial charge in [-0.2, -0.15) is 0 Å². The molecule has 184 valence electrons. The van der Waals surface area contributed by atoms with Crippen molar-refractivity contribution >= 4 is 33.3 Å². The van der Waals surface area contributed by atoms with Crippen molar-refractivity contribution in [2.24, 2.45) is 0 Å². The van der Waals surface area contributed by atoms with Crippen molar-refractivity contribution in [1.82, 2.24) is 0 Å². The number of hydrogen-bond acceptors (Lipinski definition) is 6. The number of esters is 1. The zero-order chi connectivity index (χ0) is 25.6. The molecule has 3 aromatic carbocycles. The van der Waals surface area contributed by atoms with E-state index >= 15 is 0 Å². The molecule has 3 rings (SSSR count). The molecule has 0 saturated heterocycles. The Balaban J connectivity index is 1.93. The molecule has 0 saturated carbocycles. The fourth-order valence-corrected chi connectivity index (χ4v) is 4.74. The SMILES string of the molecule is CCOC(=O)c1ccc(C)c(NC(=O)CN(c2ccc(OC)cc2)S(=O)(=O)c2ccc(C)cc2)c1. The van der Waals surface area contributed by atoms with Gasteiger partial charge in [-0.15, -0.1) is 0 Å². The highest BCUT2D eigenvalue weighted by molar-refractivity contribution is 7.92. The van der Waals surface area contributed by atoms with Crippen LogP contribution in [0.15, 0.2) is 71.6 Å². The summed E-state index contributed by atoms with van der Waals surface area (Å²) >= 11 is 0. The Morgan fingerprint density at radius 2 is 1.60 bits per heavy atom. The molecule has 0 fully saturated rings. The van der Waals surface area contributed by atoms with Crippen LogP contribution in [0.1, 0.15) is 28.4 Å². The standard InChI is InChI=1S/C26H28N2O6S/c1-5-34-26(30)20-9-8-19(3)24(16-20)27-25(29)17-28(21-10-12-22(33-4)13-11-21)35(31,32)23-14-6-18(2)7-15-23/h6-16H,5,17H2,1-4H3,(H,27,29). The van der Waals surface area contributed by atoms with Gasteiger partial charge in [0.05, 0.1) is 29.9 Å². The predicted molar refractivity (Wildman–Crippen MR) is 134 cm³/mol. The van der Waals surface area contributed by atoms with Crippen LogP contribution in [0.5, 0.6) is 5.75 Å². The minimum atomic E-state index is -4.06. The number of sulfonamides is 1. The molecular weight excluding hydrogens is 468 g/mol. The first kappa shape index (κ1) is 25.8. The van der Waals surface area contributed by atoms with Gasteiger partial charge in [0.2, 0.25) is 5.91 Å². The highest BCUT2D eigenvalue weighted by Gasteiger charge is 2.27. The number of hydrogen-bond donors (Lipinski definition) is 1. The molecule has 0 heterocycles. The molecule has 0 spiro atoms. The molecule has 0 unspecified atom stereocenters. The monoisotopic (exact) mass is 496 g/mol. The topological polar surface area (TPSA) is 102 Å². The average Bonchev–Trinajstić information content (AvgIpc) is 2.84. The molecule has 1 N–H and O–H groups in total. The number of amides is 1. The maximum absolute atomic E-state index is 13.5. The summed E-state index contributed by atoms with van der Waals surface area (Å²) in [5.74, 6) is -0.525. The molecule has 0 atom stereocenters. The lowest BCUT2D eigenvalue weighted by atomic mass is 10.1. The largest absolute Gasteiger partial charge is 0.497 e. The number of aryl methyl sites for hydroxylation is 2. The summed E-state index contributed by atoms with van der Waals surface area (Å²) in [6, 6.07) is 17.6. The number of ether oxygens (including phenoxy) is 2. The van der Waals surface area contributed by atoms with Crippen molar-refractivity contribution in [2.75, 3.05) is 29.9 Å². The Labute approximate surface area is 205 Å². The lowest BCUT2D eigenvalue weighted by molar-refractivity contribution is -0.114. The lowest BCUT2D eigenvalue weighted by Crippen LogP contribution is -2.38. The van der Waals surface area contributed by atoms with Gasteiger partial charge in [0.15, 0.2) is 0 Å². The summed E-state index contributed by atoms with van der Waals surface area (Å²) in [6.45, 7) is 5.08. The van der Waals surface area contributed by atoms with E-state index in [0.29, 0.717) is 22.7 Å². The molecule has 35 heavy (non-hydrogen) atoms. The molecule has 0 aliphatic heterocycles. The van der Waals surface area contributed by atoms with Gasteiger partial charge in [-0.05, 0) is 74.9 Å². The maximum Gasteiger partial charge on any atom is 0.338 e. The number of anilines is 2. The quantitative estimate of drug-likeness (QED) is 0.443. The summed E-state index contributed by atoms with van der Waals surface area (Å²) in [6.07, 6.45) is 0. The second-order valence-corrected chi connectivity index (χ2v) is 9.68. The van der Waals surface area contributed by atoms with Gasteiger partial charge in [0, 0.05) is 5.69 Å². The molecule has 0 bridgehead atoms. The Kier molecular flexibility index (Phi) is 8.14. The molecule has 8 nitrogen and oxygen atoms in total. The zero-order valence-electron chi connectivity index (χ0n) is 20.1. The van der Waals surface area contributed by atoms with Gasteiger partial charge < -0.3 is 14.8 Å². The number of benzene rings is 3. The summed E-state index contributed by atoms with van der Waals surface area (Å²) in [7, 11) is -2.55. The molecule has 0 aromatic heterocycles. The number of methoxy groups -OCH3 is 1. The van der Waals surface area contributed by atoms with Gasteiger partial charge >= 0.3 is 5.97 Å². The second-order valence-electron chi connectivity index (χ2n) is 7.82. The number of rotatable bonds is 9. The summed E-state index contributed by atoms with van der Waals surface area (Å²) in [5, 5.41) is 2.73. The van der Waals surface area contributed by atoms with Crippen LogP contribution >= 0.6 is 0 Å². The van der Waals surface area contributed by atoms with Crippen molar-refractivity contribution < 1.29 is 27.5 Å². The van der Waals surface area contributed by atoms with Crippen molar-refractivity contribution in [3.8, 4) is 5.75 Å². The van der Waals surface area contributed by atoms with E-state index in [2.05, 4.69) is 5.32 Å². The molecular formula is C26H28N2O6S. The fraction of sp³-hybridized carbons (Fsp3) is 0.231. The molecule has 0 radical (unpaired) electrons. The molecule has 9 heteroatoms. The van der Waals surface area contributed by atoms with Gasteiger partial charge in [-0.25, -0.2) is 13.2 Å². The lowest BCUT2D eigenvalue weighted by Gasteiger charge is -2.24. The van der Waals surface area contributed by atoms with Crippen LogP contribution in [-0.4, -0.2) is 40.6 Å². The first-order valence-electron chi connectivity index (χ1n) is 11.0. The van der Waals surface area contributed by atoms with E-state index in [1.807, 2.05) is 6.92 Å². The number of nitrogens with zero attached hydrogens (tertiary/aromatic N) is 1. The Bertz CT molecular complexity index is 1300. The minimum Gasteiger partial charge on any atom is -0.497 e. The summed E-state index contributed by atoms with van der Waals surface area (Å²) in [5.41, 5.74) is 2.60. The van der Waals surface area contributed by atoms with E-state index in [1.54, 1.807) is 62.4 Å². The molecule has 0 aliphatic rings. The van der Waals surface area contributed by atoms with Crippen molar-refractivity contribution in [2.45, 2.75) is 25.7 Å². The average molecular weight is 497 g/mol. The van der Waals surface area contributed by atoms with Crippen LogP contribution < -0.4 is 14.4 Å². The number of carbonyl (C=O) groups is 2.